The third-order valence-electron chi connectivity index (χ3n) is 5.97. The van der Waals surface area contributed by atoms with Gasteiger partial charge in [0.1, 0.15) is 11.6 Å². The van der Waals surface area contributed by atoms with Crippen LogP contribution in [0.25, 0.3) is 5.69 Å². The highest BCUT2D eigenvalue weighted by atomic mass is 32.2. The number of aromatic nitrogens is 3. The van der Waals surface area contributed by atoms with Crippen molar-refractivity contribution in [2.75, 3.05) is 32.5 Å². The molecular formula is C25H31N5O2S. The Hall–Kier alpha value is -2.84. The largest absolute Gasteiger partial charge is 0.497 e. The second-order valence-corrected chi connectivity index (χ2v) is 9.12. The zero-order chi connectivity index (χ0) is 23.0. The number of ether oxygens (including phenoxy) is 1. The fourth-order valence-corrected chi connectivity index (χ4v) is 5.04. The molecule has 1 saturated heterocycles. The molecule has 1 N–H and O–H groups in total. The second-order valence-electron chi connectivity index (χ2n) is 8.18. The van der Waals surface area contributed by atoms with Gasteiger partial charge in [0, 0.05) is 12.2 Å². The normalized spacial score (nSPS) is 15.2. The van der Waals surface area contributed by atoms with E-state index in [0.717, 1.165) is 35.5 Å². The van der Waals surface area contributed by atoms with E-state index in [1.807, 2.05) is 54.0 Å². The number of nitrogens with zero attached hydrogens (tertiary/aromatic N) is 4. The van der Waals surface area contributed by atoms with E-state index in [0.29, 0.717) is 12.3 Å². The molecular weight excluding hydrogens is 434 g/mol. The minimum atomic E-state index is -0.00390. The number of carbonyl (C=O) groups excluding carboxylic acids is 1. The lowest BCUT2D eigenvalue weighted by Crippen LogP contribution is -2.41. The first-order valence-electron chi connectivity index (χ1n) is 11.4. The molecule has 0 aliphatic carbocycles. The Morgan fingerprint density at radius 1 is 1.06 bits per heavy atom. The summed E-state index contributed by atoms with van der Waals surface area (Å²) in [5.74, 6) is 1.93. The predicted octanol–water partition coefficient (Wildman–Crippen LogP) is 4.02. The van der Waals surface area contributed by atoms with Gasteiger partial charge >= 0.3 is 0 Å². The molecule has 2 heterocycles. The summed E-state index contributed by atoms with van der Waals surface area (Å²) in [6.45, 7) is 4.61. The van der Waals surface area contributed by atoms with E-state index in [4.69, 9.17) is 4.74 Å². The summed E-state index contributed by atoms with van der Waals surface area (Å²) in [6, 6.07) is 18.3. The molecule has 3 aromatic rings. The number of methoxy groups -OCH3 is 1. The van der Waals surface area contributed by atoms with Crippen LogP contribution in [0.5, 0.6) is 5.75 Å². The summed E-state index contributed by atoms with van der Waals surface area (Å²) < 4.78 is 7.29. The van der Waals surface area contributed by atoms with Crippen molar-refractivity contribution in [3.05, 3.63) is 66.0 Å². The molecule has 1 fully saturated rings. The number of hydrogen-bond acceptors (Lipinski definition) is 6. The molecule has 0 bridgehead atoms. The van der Waals surface area contributed by atoms with Gasteiger partial charge in [0.25, 0.3) is 0 Å². The molecule has 8 heteroatoms. The standard InChI is InChI=1S/C25H31N5O2S/c1-19-27-28-25(30(19)21-9-5-3-6-10-21)33-18-24(31)26-17-23(29-15-7-4-8-16-29)20-11-13-22(32-2)14-12-20/h3,5-6,9-14,23H,4,7-8,15-18H2,1-2H3,(H,26,31)/t23-/m1/s1. The number of thioether (sulfide) groups is 1. The third kappa shape index (κ3) is 5.94. The Balaban J connectivity index is 1.39. The highest BCUT2D eigenvalue weighted by molar-refractivity contribution is 7.99. The molecule has 33 heavy (non-hydrogen) atoms. The number of piperidine rings is 1. The van der Waals surface area contributed by atoms with Gasteiger partial charge in [-0.3, -0.25) is 14.3 Å². The van der Waals surface area contributed by atoms with E-state index in [2.05, 4.69) is 32.5 Å². The van der Waals surface area contributed by atoms with E-state index >= 15 is 0 Å². The number of hydrogen-bond donors (Lipinski definition) is 1. The van der Waals surface area contributed by atoms with Crippen molar-refractivity contribution in [2.45, 2.75) is 37.4 Å². The van der Waals surface area contributed by atoms with Gasteiger partial charge in [-0.2, -0.15) is 0 Å². The molecule has 1 aromatic heterocycles. The van der Waals surface area contributed by atoms with E-state index < -0.39 is 0 Å². The van der Waals surface area contributed by atoms with Crippen molar-refractivity contribution in [1.82, 2.24) is 25.0 Å². The monoisotopic (exact) mass is 465 g/mol. The number of aryl methyl sites for hydroxylation is 1. The van der Waals surface area contributed by atoms with Crippen LogP contribution in [0.3, 0.4) is 0 Å². The van der Waals surface area contributed by atoms with Crippen molar-refractivity contribution in [3.8, 4) is 11.4 Å². The molecule has 0 radical (unpaired) electrons. The fraction of sp³-hybridized carbons (Fsp3) is 0.400. The number of carbonyl (C=O) groups is 1. The number of likely N-dealkylation sites (tertiary alicyclic amines) is 1. The maximum absolute atomic E-state index is 12.8. The summed E-state index contributed by atoms with van der Waals surface area (Å²) >= 11 is 1.41. The van der Waals surface area contributed by atoms with E-state index in [9.17, 15) is 4.79 Å². The number of nitrogens with one attached hydrogen (secondary N) is 1. The van der Waals surface area contributed by atoms with Gasteiger partial charge in [0.2, 0.25) is 5.91 Å². The lowest BCUT2D eigenvalue weighted by Gasteiger charge is -2.35. The Kier molecular flexibility index (Phi) is 8.01. The summed E-state index contributed by atoms with van der Waals surface area (Å²) in [6.07, 6.45) is 3.67. The van der Waals surface area contributed by atoms with Crippen molar-refractivity contribution in [2.24, 2.45) is 0 Å². The molecule has 1 amide bonds. The van der Waals surface area contributed by atoms with Crippen molar-refractivity contribution < 1.29 is 9.53 Å². The summed E-state index contributed by atoms with van der Waals surface area (Å²) in [4.78, 5) is 15.2. The first-order chi connectivity index (χ1) is 16.2. The van der Waals surface area contributed by atoms with Crippen LogP contribution >= 0.6 is 11.8 Å². The summed E-state index contributed by atoms with van der Waals surface area (Å²) in [5, 5.41) is 12.3. The smallest absolute Gasteiger partial charge is 0.230 e. The Morgan fingerprint density at radius 2 is 1.79 bits per heavy atom. The van der Waals surface area contributed by atoms with Crippen LogP contribution in [0.15, 0.2) is 59.8 Å². The van der Waals surface area contributed by atoms with Gasteiger partial charge in [-0.05, 0) is 62.7 Å². The zero-order valence-electron chi connectivity index (χ0n) is 19.2. The van der Waals surface area contributed by atoms with Crippen LogP contribution in [0.2, 0.25) is 0 Å². The minimum Gasteiger partial charge on any atom is -0.497 e. The number of rotatable bonds is 9. The maximum atomic E-state index is 12.8. The third-order valence-corrected chi connectivity index (χ3v) is 6.90. The highest BCUT2D eigenvalue weighted by Gasteiger charge is 2.23. The lowest BCUT2D eigenvalue weighted by atomic mass is 10.0. The average Bonchev–Trinajstić information content (AvgIpc) is 3.24. The van der Waals surface area contributed by atoms with Crippen LogP contribution in [0.4, 0.5) is 0 Å². The van der Waals surface area contributed by atoms with Crippen molar-refractivity contribution in [3.63, 3.8) is 0 Å². The first kappa shape index (κ1) is 23.3. The fourth-order valence-electron chi connectivity index (χ4n) is 4.22. The SMILES string of the molecule is COc1ccc([C@@H](CNC(=O)CSc2nnc(C)n2-c2ccccc2)N2CCCCC2)cc1. The molecule has 4 rings (SSSR count). The van der Waals surface area contributed by atoms with Crippen LogP contribution in [0, 0.1) is 6.92 Å². The number of para-hydroxylation sites is 1. The van der Waals surface area contributed by atoms with Gasteiger partial charge in [-0.15, -0.1) is 10.2 Å². The molecule has 174 valence electrons. The molecule has 0 spiro atoms. The van der Waals surface area contributed by atoms with Crippen molar-refractivity contribution in [1.29, 1.82) is 0 Å². The number of benzene rings is 2. The topological polar surface area (TPSA) is 72.3 Å². The highest BCUT2D eigenvalue weighted by Crippen LogP contribution is 2.26. The molecule has 1 aliphatic rings. The second kappa shape index (κ2) is 11.3. The minimum absolute atomic E-state index is 0.00390. The lowest BCUT2D eigenvalue weighted by molar-refractivity contribution is -0.118. The van der Waals surface area contributed by atoms with Gasteiger partial charge < -0.3 is 10.1 Å². The predicted molar refractivity (Wildman–Crippen MR) is 131 cm³/mol. The first-order valence-corrected chi connectivity index (χ1v) is 12.4. The van der Waals surface area contributed by atoms with Crippen LogP contribution in [-0.4, -0.2) is 58.1 Å². The van der Waals surface area contributed by atoms with Gasteiger partial charge in [-0.25, -0.2) is 0 Å². The Labute approximate surface area is 199 Å². The average molecular weight is 466 g/mol. The van der Waals surface area contributed by atoms with Gasteiger partial charge in [0.15, 0.2) is 5.16 Å². The molecule has 2 aromatic carbocycles. The van der Waals surface area contributed by atoms with Gasteiger partial charge in [0.05, 0.1) is 18.9 Å². The van der Waals surface area contributed by atoms with E-state index in [1.54, 1.807) is 7.11 Å². The number of amides is 1. The Morgan fingerprint density at radius 3 is 2.48 bits per heavy atom. The molecule has 0 unspecified atom stereocenters. The van der Waals surface area contributed by atoms with E-state index in [-0.39, 0.29) is 11.9 Å². The van der Waals surface area contributed by atoms with Crippen LogP contribution < -0.4 is 10.1 Å². The molecule has 1 aliphatic heterocycles. The molecule has 1 atom stereocenters. The zero-order valence-corrected chi connectivity index (χ0v) is 20.1. The maximum Gasteiger partial charge on any atom is 0.230 e. The van der Waals surface area contributed by atoms with Crippen LogP contribution in [-0.2, 0) is 4.79 Å². The van der Waals surface area contributed by atoms with Crippen molar-refractivity contribution >= 4 is 17.7 Å². The quantitative estimate of drug-likeness (QED) is 0.481. The summed E-state index contributed by atoms with van der Waals surface area (Å²) in [7, 11) is 1.68. The Bertz CT molecular complexity index is 1030. The molecule has 0 saturated carbocycles. The summed E-state index contributed by atoms with van der Waals surface area (Å²) in [5.41, 5.74) is 2.19. The van der Waals surface area contributed by atoms with E-state index in [1.165, 1.54) is 36.6 Å². The van der Waals surface area contributed by atoms with Gasteiger partial charge in [-0.1, -0.05) is 48.5 Å². The van der Waals surface area contributed by atoms with Crippen LogP contribution in [0.1, 0.15) is 36.7 Å². The molecule has 7 nitrogen and oxygen atoms in total.